The zero-order valence-corrected chi connectivity index (χ0v) is 10.0. The van der Waals surface area contributed by atoms with E-state index in [1.165, 1.54) is 38.5 Å². The first-order valence-electron chi connectivity index (χ1n) is 6.60. The molecule has 4 bridgehead atoms. The Labute approximate surface area is 97.5 Å². The first kappa shape index (κ1) is 10.4. The summed E-state index contributed by atoms with van der Waals surface area (Å²) >= 11 is 0. The highest BCUT2D eigenvalue weighted by Crippen LogP contribution is 2.55. The molecule has 88 valence electrons. The van der Waals surface area contributed by atoms with Crippen LogP contribution < -0.4 is 5.32 Å². The summed E-state index contributed by atoms with van der Waals surface area (Å²) in [6.45, 7) is 1.61. The summed E-state index contributed by atoms with van der Waals surface area (Å²) in [7, 11) is 0. The standard InChI is InChI=1S/C14H21NO/c1-10(16)2-3-15-14-7-11-4-12(8-14)6-13(5-11)9-14/h2-3,11-13,15H,4-9H2,1H3. The van der Waals surface area contributed by atoms with Gasteiger partial charge in [0, 0.05) is 11.7 Å². The number of allylic oxidation sites excluding steroid dienone is 1. The van der Waals surface area contributed by atoms with Crippen molar-refractivity contribution in [2.24, 2.45) is 17.8 Å². The van der Waals surface area contributed by atoms with Gasteiger partial charge in [-0.3, -0.25) is 4.79 Å². The van der Waals surface area contributed by atoms with Gasteiger partial charge in [-0.15, -0.1) is 0 Å². The molecule has 0 atom stereocenters. The maximum Gasteiger partial charge on any atom is 0.154 e. The van der Waals surface area contributed by atoms with Crippen LogP contribution >= 0.6 is 0 Å². The third-order valence-corrected chi connectivity index (χ3v) is 4.75. The fraction of sp³-hybridized carbons (Fsp3) is 0.786. The Morgan fingerprint density at radius 1 is 1.12 bits per heavy atom. The van der Waals surface area contributed by atoms with Gasteiger partial charge in [-0.05, 0) is 69.3 Å². The van der Waals surface area contributed by atoms with E-state index in [1.807, 2.05) is 6.20 Å². The highest BCUT2D eigenvalue weighted by molar-refractivity contribution is 5.87. The van der Waals surface area contributed by atoms with Crippen molar-refractivity contribution < 1.29 is 4.79 Å². The van der Waals surface area contributed by atoms with Crippen LogP contribution in [-0.2, 0) is 4.79 Å². The van der Waals surface area contributed by atoms with Crippen LogP contribution in [0.2, 0.25) is 0 Å². The number of carbonyl (C=O) groups is 1. The van der Waals surface area contributed by atoms with E-state index in [0.717, 1.165) is 17.8 Å². The minimum atomic E-state index is 0.136. The summed E-state index contributed by atoms with van der Waals surface area (Å²) < 4.78 is 0. The summed E-state index contributed by atoms with van der Waals surface area (Å²) in [6, 6.07) is 0. The number of ketones is 1. The van der Waals surface area contributed by atoms with Gasteiger partial charge < -0.3 is 5.32 Å². The summed E-state index contributed by atoms with van der Waals surface area (Å²) in [5.41, 5.74) is 0.348. The monoisotopic (exact) mass is 219 g/mol. The molecule has 2 heteroatoms. The van der Waals surface area contributed by atoms with E-state index in [0.29, 0.717) is 5.54 Å². The minimum Gasteiger partial charge on any atom is -0.385 e. The van der Waals surface area contributed by atoms with Gasteiger partial charge in [-0.2, -0.15) is 0 Å². The van der Waals surface area contributed by atoms with Crippen LogP contribution in [0.3, 0.4) is 0 Å². The van der Waals surface area contributed by atoms with Gasteiger partial charge in [0.15, 0.2) is 5.78 Å². The number of carbonyl (C=O) groups excluding carboxylic acids is 1. The van der Waals surface area contributed by atoms with Gasteiger partial charge in [0.25, 0.3) is 0 Å². The van der Waals surface area contributed by atoms with Crippen LogP contribution in [-0.4, -0.2) is 11.3 Å². The van der Waals surface area contributed by atoms with Crippen molar-refractivity contribution in [3.05, 3.63) is 12.3 Å². The molecule has 0 aliphatic heterocycles. The predicted octanol–water partition coefficient (Wildman–Crippen LogP) is 2.65. The molecular formula is C14H21NO. The molecule has 4 aliphatic carbocycles. The minimum absolute atomic E-state index is 0.136. The van der Waals surface area contributed by atoms with E-state index >= 15 is 0 Å². The maximum absolute atomic E-state index is 10.9. The fourth-order valence-corrected chi connectivity index (χ4v) is 4.62. The molecule has 4 aliphatic rings. The van der Waals surface area contributed by atoms with Gasteiger partial charge in [0.05, 0.1) is 0 Å². The second-order valence-corrected chi connectivity index (χ2v) is 6.29. The molecule has 0 saturated heterocycles. The molecule has 16 heavy (non-hydrogen) atoms. The van der Waals surface area contributed by atoms with E-state index < -0.39 is 0 Å². The van der Waals surface area contributed by atoms with Crippen LogP contribution in [0.1, 0.15) is 45.4 Å². The Morgan fingerprint density at radius 3 is 2.06 bits per heavy atom. The van der Waals surface area contributed by atoms with Crippen LogP contribution in [0.15, 0.2) is 12.3 Å². The lowest BCUT2D eigenvalue weighted by molar-refractivity contribution is -0.112. The molecule has 0 amide bonds. The Kier molecular flexibility index (Phi) is 2.34. The average Bonchev–Trinajstić information content (AvgIpc) is 2.13. The molecule has 2 nitrogen and oxygen atoms in total. The second kappa shape index (κ2) is 3.61. The third-order valence-electron chi connectivity index (χ3n) is 4.75. The molecule has 0 spiro atoms. The predicted molar refractivity (Wildman–Crippen MR) is 63.9 cm³/mol. The summed E-state index contributed by atoms with van der Waals surface area (Å²) in [5, 5.41) is 3.56. The molecule has 4 rings (SSSR count). The van der Waals surface area contributed by atoms with Gasteiger partial charge in [-0.25, -0.2) is 0 Å². The fourth-order valence-electron chi connectivity index (χ4n) is 4.62. The Hall–Kier alpha value is -0.790. The smallest absolute Gasteiger partial charge is 0.154 e. The van der Waals surface area contributed by atoms with E-state index in [4.69, 9.17) is 0 Å². The van der Waals surface area contributed by atoms with Gasteiger partial charge in [0.1, 0.15) is 0 Å². The summed E-state index contributed by atoms with van der Waals surface area (Å²) in [5.74, 6) is 3.02. The van der Waals surface area contributed by atoms with Crippen molar-refractivity contribution in [2.45, 2.75) is 51.0 Å². The lowest BCUT2D eigenvalue weighted by Crippen LogP contribution is -2.56. The lowest BCUT2D eigenvalue weighted by Gasteiger charge is -2.56. The Bertz CT molecular complexity index is 296. The highest BCUT2D eigenvalue weighted by Gasteiger charge is 2.50. The second-order valence-electron chi connectivity index (χ2n) is 6.29. The van der Waals surface area contributed by atoms with E-state index in [9.17, 15) is 4.79 Å². The highest BCUT2D eigenvalue weighted by atomic mass is 16.1. The molecule has 0 aromatic rings. The van der Waals surface area contributed by atoms with Crippen molar-refractivity contribution in [3.8, 4) is 0 Å². The molecular weight excluding hydrogens is 198 g/mol. The van der Waals surface area contributed by atoms with Crippen LogP contribution in [0.5, 0.6) is 0 Å². The number of rotatable bonds is 3. The van der Waals surface area contributed by atoms with Crippen molar-refractivity contribution in [2.75, 3.05) is 0 Å². The normalized spacial score (nSPS) is 45.2. The summed E-state index contributed by atoms with van der Waals surface area (Å²) in [4.78, 5) is 10.9. The zero-order valence-electron chi connectivity index (χ0n) is 10.0. The average molecular weight is 219 g/mol. The van der Waals surface area contributed by atoms with E-state index in [1.54, 1.807) is 13.0 Å². The molecule has 0 heterocycles. The molecule has 4 fully saturated rings. The Balaban J connectivity index is 1.71. The number of hydrogen-bond donors (Lipinski definition) is 1. The largest absolute Gasteiger partial charge is 0.385 e. The molecule has 1 N–H and O–H groups in total. The third kappa shape index (κ3) is 1.79. The van der Waals surface area contributed by atoms with Crippen molar-refractivity contribution >= 4 is 5.78 Å². The van der Waals surface area contributed by atoms with E-state index in [2.05, 4.69) is 5.32 Å². The van der Waals surface area contributed by atoms with Gasteiger partial charge in [-0.1, -0.05) is 0 Å². The van der Waals surface area contributed by atoms with Gasteiger partial charge in [0.2, 0.25) is 0 Å². The van der Waals surface area contributed by atoms with Crippen molar-refractivity contribution in [1.29, 1.82) is 0 Å². The van der Waals surface area contributed by atoms with Crippen molar-refractivity contribution in [1.82, 2.24) is 5.32 Å². The maximum atomic E-state index is 10.9. The summed E-state index contributed by atoms with van der Waals surface area (Å²) in [6.07, 6.45) is 12.0. The van der Waals surface area contributed by atoms with Gasteiger partial charge >= 0.3 is 0 Å². The molecule has 0 aromatic carbocycles. The lowest BCUT2D eigenvalue weighted by atomic mass is 9.53. The van der Waals surface area contributed by atoms with Crippen LogP contribution in [0.4, 0.5) is 0 Å². The SMILES string of the molecule is CC(=O)C=CNC12CC3CC(CC(C3)C1)C2. The first-order valence-corrected chi connectivity index (χ1v) is 6.60. The molecule has 0 aromatic heterocycles. The van der Waals surface area contributed by atoms with Crippen LogP contribution in [0.25, 0.3) is 0 Å². The first-order chi connectivity index (χ1) is 7.65. The quantitative estimate of drug-likeness (QED) is 0.739. The molecule has 0 radical (unpaired) electrons. The zero-order chi connectivity index (χ0) is 11.2. The molecule has 4 saturated carbocycles. The number of nitrogens with one attached hydrogen (secondary N) is 1. The topological polar surface area (TPSA) is 29.1 Å². The van der Waals surface area contributed by atoms with Crippen molar-refractivity contribution in [3.63, 3.8) is 0 Å². The Morgan fingerprint density at radius 2 is 1.62 bits per heavy atom. The van der Waals surface area contributed by atoms with Crippen LogP contribution in [0, 0.1) is 17.8 Å². The number of hydrogen-bond acceptors (Lipinski definition) is 2. The van der Waals surface area contributed by atoms with E-state index in [-0.39, 0.29) is 5.78 Å². The molecule has 0 unspecified atom stereocenters.